The van der Waals surface area contributed by atoms with Gasteiger partial charge in [0.15, 0.2) is 0 Å². The number of benzene rings is 1. The van der Waals surface area contributed by atoms with E-state index in [2.05, 4.69) is 37.4 Å². The first-order valence-electron chi connectivity index (χ1n) is 10.0. The fourth-order valence-corrected chi connectivity index (χ4v) is 3.92. The summed E-state index contributed by atoms with van der Waals surface area (Å²) >= 11 is 0. The second-order valence-electron chi connectivity index (χ2n) is 7.50. The number of hydrogen-bond donors (Lipinski definition) is 1. The van der Waals surface area contributed by atoms with Gasteiger partial charge in [0.1, 0.15) is 0 Å². The van der Waals surface area contributed by atoms with E-state index < -0.39 is 0 Å². The average molecular weight is 390 g/mol. The Morgan fingerprint density at radius 3 is 2.66 bits per heavy atom. The van der Waals surface area contributed by atoms with Gasteiger partial charge >= 0.3 is 0 Å². The van der Waals surface area contributed by atoms with Gasteiger partial charge in [0.05, 0.1) is 17.8 Å². The predicted octanol–water partition coefficient (Wildman–Crippen LogP) is 2.74. The second-order valence-corrected chi connectivity index (χ2v) is 7.50. The molecule has 2 aromatic heterocycles. The number of anilines is 1. The first-order valence-corrected chi connectivity index (χ1v) is 10.0. The van der Waals surface area contributed by atoms with E-state index in [-0.39, 0.29) is 11.9 Å². The van der Waals surface area contributed by atoms with Crippen molar-refractivity contribution in [3.63, 3.8) is 0 Å². The highest BCUT2D eigenvalue weighted by atomic mass is 16.1. The highest BCUT2D eigenvalue weighted by molar-refractivity contribution is 5.96. The molecule has 1 unspecified atom stereocenters. The normalized spacial score (nSPS) is 16.6. The Balaban J connectivity index is 1.46. The summed E-state index contributed by atoms with van der Waals surface area (Å²) in [5.41, 5.74) is 3.49. The first-order chi connectivity index (χ1) is 14.1. The third-order valence-electron chi connectivity index (χ3n) is 5.38. The van der Waals surface area contributed by atoms with Gasteiger partial charge in [0, 0.05) is 37.2 Å². The number of amides is 1. The van der Waals surface area contributed by atoms with Gasteiger partial charge in [-0.1, -0.05) is 30.3 Å². The molecule has 1 aliphatic heterocycles. The molecule has 1 aromatic carbocycles. The van der Waals surface area contributed by atoms with Crippen LogP contribution in [0.2, 0.25) is 0 Å². The molecule has 1 atom stereocenters. The standard InChI is InChI=1S/C22H26N6O/c1-16-20(17(2)28(26-16)14-18-8-4-3-5-9-18)21(29)25-19-10-6-13-27(15-19)22-23-11-7-12-24-22/h3-5,7-9,11-12,19H,6,10,13-15H2,1-2H3,(H,25,29). The van der Waals surface area contributed by atoms with Gasteiger partial charge in [-0.05, 0) is 38.3 Å². The van der Waals surface area contributed by atoms with E-state index in [9.17, 15) is 4.79 Å². The number of aryl methyl sites for hydroxylation is 1. The lowest BCUT2D eigenvalue weighted by atomic mass is 10.0. The quantitative estimate of drug-likeness (QED) is 0.725. The number of aromatic nitrogens is 4. The molecule has 1 aliphatic rings. The lowest BCUT2D eigenvalue weighted by Gasteiger charge is -2.33. The van der Waals surface area contributed by atoms with Crippen molar-refractivity contribution in [1.82, 2.24) is 25.1 Å². The molecule has 0 spiro atoms. The molecule has 0 bridgehead atoms. The fourth-order valence-electron chi connectivity index (χ4n) is 3.92. The summed E-state index contributed by atoms with van der Waals surface area (Å²) in [4.78, 5) is 23.8. The topological polar surface area (TPSA) is 75.9 Å². The molecule has 3 heterocycles. The zero-order valence-electron chi connectivity index (χ0n) is 16.9. The lowest BCUT2D eigenvalue weighted by Crippen LogP contribution is -2.48. The number of nitrogens with zero attached hydrogens (tertiary/aromatic N) is 5. The average Bonchev–Trinajstić information content (AvgIpc) is 3.02. The van der Waals surface area contributed by atoms with Gasteiger partial charge in [-0.25, -0.2) is 9.97 Å². The van der Waals surface area contributed by atoms with Crippen LogP contribution in [0, 0.1) is 13.8 Å². The van der Waals surface area contributed by atoms with Gasteiger partial charge in [0.25, 0.3) is 5.91 Å². The minimum atomic E-state index is -0.0554. The summed E-state index contributed by atoms with van der Waals surface area (Å²) in [6, 6.07) is 12.0. The highest BCUT2D eigenvalue weighted by Gasteiger charge is 2.26. The molecule has 7 heteroatoms. The highest BCUT2D eigenvalue weighted by Crippen LogP contribution is 2.18. The molecule has 1 N–H and O–H groups in total. The maximum absolute atomic E-state index is 13.0. The minimum Gasteiger partial charge on any atom is -0.347 e. The van der Waals surface area contributed by atoms with E-state index >= 15 is 0 Å². The van der Waals surface area contributed by atoms with E-state index in [4.69, 9.17) is 0 Å². The molecule has 3 aromatic rings. The number of hydrogen-bond acceptors (Lipinski definition) is 5. The molecular weight excluding hydrogens is 364 g/mol. The fraction of sp³-hybridized carbons (Fsp3) is 0.364. The summed E-state index contributed by atoms with van der Waals surface area (Å²) in [5, 5.41) is 7.81. The Labute approximate surface area is 170 Å². The molecule has 7 nitrogen and oxygen atoms in total. The van der Waals surface area contributed by atoms with Crippen LogP contribution in [0.15, 0.2) is 48.8 Å². The third-order valence-corrected chi connectivity index (χ3v) is 5.38. The van der Waals surface area contributed by atoms with Crippen LogP contribution >= 0.6 is 0 Å². The Morgan fingerprint density at radius 1 is 1.14 bits per heavy atom. The maximum atomic E-state index is 13.0. The van der Waals surface area contributed by atoms with Crippen LogP contribution in [-0.4, -0.2) is 44.8 Å². The van der Waals surface area contributed by atoms with Crippen LogP contribution in [0.5, 0.6) is 0 Å². The van der Waals surface area contributed by atoms with E-state index in [0.717, 1.165) is 42.3 Å². The van der Waals surface area contributed by atoms with Crippen molar-refractivity contribution in [3.8, 4) is 0 Å². The zero-order chi connectivity index (χ0) is 20.2. The number of rotatable bonds is 5. The van der Waals surface area contributed by atoms with E-state index in [0.29, 0.717) is 18.7 Å². The van der Waals surface area contributed by atoms with Gasteiger partial charge in [-0.15, -0.1) is 0 Å². The number of carbonyl (C=O) groups is 1. The van der Waals surface area contributed by atoms with Crippen LogP contribution < -0.4 is 10.2 Å². The first kappa shape index (κ1) is 19.1. The van der Waals surface area contributed by atoms with Crippen molar-refractivity contribution in [2.45, 2.75) is 39.3 Å². The summed E-state index contributed by atoms with van der Waals surface area (Å²) in [7, 11) is 0. The molecule has 4 rings (SSSR count). The largest absolute Gasteiger partial charge is 0.347 e. The maximum Gasteiger partial charge on any atom is 0.255 e. The van der Waals surface area contributed by atoms with Crippen LogP contribution in [0.4, 0.5) is 5.95 Å². The van der Waals surface area contributed by atoms with Crippen molar-refractivity contribution in [2.75, 3.05) is 18.0 Å². The molecule has 29 heavy (non-hydrogen) atoms. The Hall–Kier alpha value is -3.22. The van der Waals surface area contributed by atoms with Gasteiger partial charge in [0.2, 0.25) is 5.95 Å². The Bertz CT molecular complexity index is 970. The van der Waals surface area contributed by atoms with E-state index in [1.807, 2.05) is 42.8 Å². The van der Waals surface area contributed by atoms with Gasteiger partial charge in [-0.3, -0.25) is 9.48 Å². The molecule has 1 amide bonds. The van der Waals surface area contributed by atoms with Crippen molar-refractivity contribution in [2.24, 2.45) is 0 Å². The lowest BCUT2D eigenvalue weighted by molar-refractivity contribution is 0.0931. The molecule has 0 aliphatic carbocycles. The summed E-state index contributed by atoms with van der Waals surface area (Å²) < 4.78 is 1.91. The van der Waals surface area contributed by atoms with Crippen molar-refractivity contribution < 1.29 is 4.79 Å². The summed E-state index contributed by atoms with van der Waals surface area (Å²) in [6.07, 6.45) is 5.44. The predicted molar refractivity (Wildman–Crippen MR) is 112 cm³/mol. The van der Waals surface area contributed by atoms with Gasteiger partial charge in [-0.2, -0.15) is 5.10 Å². The van der Waals surface area contributed by atoms with Crippen LogP contribution in [0.25, 0.3) is 0 Å². The Morgan fingerprint density at radius 2 is 1.90 bits per heavy atom. The van der Waals surface area contributed by atoms with E-state index in [1.165, 1.54) is 0 Å². The number of nitrogens with one attached hydrogen (secondary N) is 1. The molecule has 0 radical (unpaired) electrons. The van der Waals surface area contributed by atoms with Crippen molar-refractivity contribution in [1.29, 1.82) is 0 Å². The Kier molecular flexibility index (Phi) is 5.55. The van der Waals surface area contributed by atoms with E-state index in [1.54, 1.807) is 12.4 Å². The SMILES string of the molecule is Cc1nn(Cc2ccccc2)c(C)c1C(=O)NC1CCCN(c2ncccn2)C1. The summed E-state index contributed by atoms with van der Waals surface area (Å²) in [6.45, 7) is 6.13. The van der Waals surface area contributed by atoms with Crippen LogP contribution in [0.3, 0.4) is 0 Å². The van der Waals surface area contributed by atoms with Crippen LogP contribution in [-0.2, 0) is 6.54 Å². The van der Waals surface area contributed by atoms with Crippen LogP contribution in [0.1, 0.15) is 40.2 Å². The summed E-state index contributed by atoms with van der Waals surface area (Å²) in [5.74, 6) is 0.662. The molecular formula is C22H26N6O. The monoisotopic (exact) mass is 390 g/mol. The van der Waals surface area contributed by atoms with Gasteiger partial charge < -0.3 is 10.2 Å². The number of carbonyl (C=O) groups excluding carboxylic acids is 1. The molecule has 0 saturated carbocycles. The molecule has 150 valence electrons. The smallest absolute Gasteiger partial charge is 0.255 e. The van der Waals surface area contributed by atoms with Crippen molar-refractivity contribution in [3.05, 3.63) is 71.3 Å². The number of piperidine rings is 1. The molecule has 1 fully saturated rings. The third kappa shape index (κ3) is 4.29. The minimum absolute atomic E-state index is 0.0554. The van der Waals surface area contributed by atoms with Crippen molar-refractivity contribution >= 4 is 11.9 Å². The molecule has 1 saturated heterocycles. The zero-order valence-corrected chi connectivity index (χ0v) is 16.9. The second kappa shape index (κ2) is 8.43.